The average molecular weight is 342 g/mol. The van der Waals surface area contributed by atoms with Crippen molar-refractivity contribution < 1.29 is 9.90 Å². The fourth-order valence-electron chi connectivity index (χ4n) is 0.972. The Labute approximate surface area is 104 Å². The lowest BCUT2D eigenvalue weighted by Crippen LogP contribution is -2.17. The molecular formula is C9H7Br2ClO2. The van der Waals surface area contributed by atoms with Crippen molar-refractivity contribution in [2.75, 3.05) is 0 Å². The molecular weight excluding hydrogens is 335 g/mol. The number of hydrogen-bond donors (Lipinski definition) is 1. The van der Waals surface area contributed by atoms with Gasteiger partial charge in [0.1, 0.15) is 4.83 Å². The standard InChI is InChI=1S/C9H7Br2ClO2/c10-7(8(11)9(13)14)5-2-1-3-6(12)4-5/h1-4,7-8H,(H,13,14)/t7-,8+/m0/s1. The molecule has 14 heavy (non-hydrogen) atoms. The molecule has 2 nitrogen and oxygen atoms in total. The highest BCUT2D eigenvalue weighted by molar-refractivity contribution is 9.12. The first-order valence-corrected chi connectivity index (χ1v) is 5.99. The zero-order valence-corrected chi connectivity index (χ0v) is 10.9. The van der Waals surface area contributed by atoms with Gasteiger partial charge in [-0.25, -0.2) is 0 Å². The summed E-state index contributed by atoms with van der Waals surface area (Å²) in [6.45, 7) is 0. The molecule has 1 aromatic rings. The summed E-state index contributed by atoms with van der Waals surface area (Å²) < 4.78 is 0. The highest BCUT2D eigenvalue weighted by atomic mass is 79.9. The van der Waals surface area contributed by atoms with Crippen molar-refractivity contribution >= 4 is 49.4 Å². The van der Waals surface area contributed by atoms with Crippen molar-refractivity contribution in [1.82, 2.24) is 0 Å². The largest absolute Gasteiger partial charge is 0.480 e. The summed E-state index contributed by atoms with van der Waals surface area (Å²) in [5, 5.41) is 9.37. The molecule has 0 aliphatic rings. The van der Waals surface area contributed by atoms with Gasteiger partial charge in [-0.3, -0.25) is 4.79 Å². The molecule has 1 N–H and O–H groups in total. The molecule has 5 heteroatoms. The van der Waals surface area contributed by atoms with Crippen molar-refractivity contribution in [3.63, 3.8) is 0 Å². The first-order valence-electron chi connectivity index (χ1n) is 3.79. The number of carboxylic acids is 1. The first-order chi connectivity index (χ1) is 6.52. The van der Waals surface area contributed by atoms with E-state index < -0.39 is 10.8 Å². The molecule has 0 saturated carbocycles. The predicted octanol–water partition coefficient (Wildman–Crippen LogP) is 3.62. The fraction of sp³-hybridized carbons (Fsp3) is 0.222. The van der Waals surface area contributed by atoms with Gasteiger partial charge in [0.2, 0.25) is 0 Å². The number of benzene rings is 1. The molecule has 0 aliphatic heterocycles. The second-order valence-corrected chi connectivity index (χ2v) is 5.11. The molecule has 2 atom stereocenters. The van der Waals surface area contributed by atoms with Gasteiger partial charge < -0.3 is 5.11 Å². The highest BCUT2D eigenvalue weighted by Gasteiger charge is 2.24. The molecule has 1 rings (SSSR count). The number of carboxylic acid groups (broad SMARTS) is 1. The van der Waals surface area contributed by atoms with Crippen LogP contribution < -0.4 is 0 Å². The number of halogens is 3. The molecule has 0 bridgehead atoms. The fourth-order valence-corrected chi connectivity index (χ4v) is 1.99. The monoisotopic (exact) mass is 340 g/mol. The van der Waals surface area contributed by atoms with Gasteiger partial charge in [-0.1, -0.05) is 55.6 Å². The van der Waals surface area contributed by atoms with Crippen LogP contribution in [0.4, 0.5) is 0 Å². The summed E-state index contributed by atoms with van der Waals surface area (Å²) in [5.74, 6) is -0.910. The van der Waals surface area contributed by atoms with Gasteiger partial charge in [0.15, 0.2) is 0 Å². The Hall–Kier alpha value is -0.0600. The van der Waals surface area contributed by atoms with Crippen LogP contribution in [0, 0.1) is 0 Å². The van der Waals surface area contributed by atoms with Crippen molar-refractivity contribution in [1.29, 1.82) is 0 Å². The van der Waals surface area contributed by atoms with Crippen LogP contribution in [0.15, 0.2) is 24.3 Å². The molecule has 0 saturated heterocycles. The first kappa shape index (κ1) is 12.0. The van der Waals surface area contributed by atoms with Gasteiger partial charge in [-0.05, 0) is 17.7 Å². The maximum absolute atomic E-state index is 10.7. The minimum atomic E-state index is -0.910. The van der Waals surface area contributed by atoms with E-state index in [-0.39, 0.29) is 4.83 Å². The lowest BCUT2D eigenvalue weighted by atomic mass is 10.1. The lowest BCUT2D eigenvalue weighted by molar-refractivity contribution is -0.136. The van der Waals surface area contributed by atoms with Crippen molar-refractivity contribution in [3.8, 4) is 0 Å². The maximum Gasteiger partial charge on any atom is 0.318 e. The molecule has 1 aromatic carbocycles. The van der Waals surface area contributed by atoms with E-state index in [1.807, 2.05) is 6.07 Å². The average Bonchev–Trinajstić information content (AvgIpc) is 2.15. The smallest absolute Gasteiger partial charge is 0.318 e. The van der Waals surface area contributed by atoms with Crippen LogP contribution in [-0.2, 0) is 4.79 Å². The number of carbonyl (C=O) groups is 1. The summed E-state index contributed by atoms with van der Waals surface area (Å²) in [6, 6.07) is 7.09. The molecule has 0 radical (unpaired) electrons. The van der Waals surface area contributed by atoms with Gasteiger partial charge in [-0.15, -0.1) is 0 Å². The van der Waals surface area contributed by atoms with Gasteiger partial charge in [0, 0.05) is 5.02 Å². The molecule has 76 valence electrons. The zero-order chi connectivity index (χ0) is 10.7. The summed E-state index contributed by atoms with van der Waals surface area (Å²) in [5.41, 5.74) is 0.835. The van der Waals surface area contributed by atoms with E-state index in [4.69, 9.17) is 16.7 Å². The Bertz CT molecular complexity index is 343. The topological polar surface area (TPSA) is 37.3 Å². The molecule has 0 spiro atoms. The molecule has 0 aliphatic carbocycles. The third kappa shape index (κ3) is 2.97. The number of alkyl halides is 2. The van der Waals surface area contributed by atoms with Crippen LogP contribution in [0.1, 0.15) is 10.4 Å². The van der Waals surface area contributed by atoms with Crippen LogP contribution in [-0.4, -0.2) is 15.9 Å². The summed E-state index contributed by atoms with van der Waals surface area (Å²) in [4.78, 5) is 9.73. The SMILES string of the molecule is O=C(O)[C@H](Br)[C@@H](Br)c1cccc(Cl)c1. The lowest BCUT2D eigenvalue weighted by Gasteiger charge is -2.13. The third-order valence-corrected chi connectivity index (χ3v) is 4.58. The van der Waals surface area contributed by atoms with E-state index in [1.54, 1.807) is 18.2 Å². The van der Waals surface area contributed by atoms with Crippen LogP contribution in [0.2, 0.25) is 5.02 Å². The Morgan fingerprint density at radius 2 is 2.07 bits per heavy atom. The normalized spacial score (nSPS) is 14.8. The zero-order valence-electron chi connectivity index (χ0n) is 6.95. The van der Waals surface area contributed by atoms with E-state index in [0.717, 1.165) is 5.56 Å². The van der Waals surface area contributed by atoms with Crippen molar-refractivity contribution in [2.45, 2.75) is 9.65 Å². The van der Waals surface area contributed by atoms with E-state index in [1.165, 1.54) is 0 Å². The molecule has 0 amide bonds. The molecule has 0 heterocycles. The minimum Gasteiger partial charge on any atom is -0.480 e. The Balaban J connectivity index is 2.89. The van der Waals surface area contributed by atoms with E-state index >= 15 is 0 Å². The van der Waals surface area contributed by atoms with E-state index in [0.29, 0.717) is 5.02 Å². The van der Waals surface area contributed by atoms with Gasteiger partial charge >= 0.3 is 5.97 Å². The Morgan fingerprint density at radius 3 is 2.57 bits per heavy atom. The van der Waals surface area contributed by atoms with Gasteiger partial charge in [0.25, 0.3) is 0 Å². The maximum atomic E-state index is 10.7. The van der Waals surface area contributed by atoms with Gasteiger partial charge in [-0.2, -0.15) is 0 Å². The van der Waals surface area contributed by atoms with E-state index in [2.05, 4.69) is 31.9 Å². The van der Waals surface area contributed by atoms with Gasteiger partial charge in [0.05, 0.1) is 4.83 Å². The number of rotatable bonds is 3. The second-order valence-electron chi connectivity index (χ2n) is 2.70. The number of hydrogen-bond acceptors (Lipinski definition) is 1. The van der Waals surface area contributed by atoms with E-state index in [9.17, 15) is 4.79 Å². The van der Waals surface area contributed by atoms with Crippen LogP contribution in [0.5, 0.6) is 0 Å². The van der Waals surface area contributed by atoms with Crippen LogP contribution in [0.3, 0.4) is 0 Å². The third-order valence-electron chi connectivity index (χ3n) is 1.66. The minimum absolute atomic E-state index is 0.293. The van der Waals surface area contributed by atoms with Crippen molar-refractivity contribution in [2.24, 2.45) is 0 Å². The van der Waals surface area contributed by atoms with Crippen molar-refractivity contribution in [3.05, 3.63) is 34.9 Å². The second kappa shape index (κ2) is 5.14. The van der Waals surface area contributed by atoms with Crippen LogP contribution in [0.25, 0.3) is 0 Å². The summed E-state index contributed by atoms with van der Waals surface area (Å²) >= 11 is 12.2. The highest BCUT2D eigenvalue weighted by Crippen LogP contribution is 2.32. The molecule has 0 aromatic heterocycles. The predicted molar refractivity (Wildman–Crippen MR) is 63.5 cm³/mol. The Morgan fingerprint density at radius 1 is 1.43 bits per heavy atom. The molecule has 0 fully saturated rings. The summed E-state index contributed by atoms with van der Waals surface area (Å²) in [6.07, 6.45) is 0. The number of aliphatic carboxylic acids is 1. The summed E-state index contributed by atoms with van der Waals surface area (Å²) in [7, 11) is 0. The quantitative estimate of drug-likeness (QED) is 0.852. The molecule has 0 unspecified atom stereocenters. The Kier molecular flexibility index (Phi) is 4.41. The van der Waals surface area contributed by atoms with Crippen LogP contribution >= 0.6 is 43.5 Å².